The highest BCUT2D eigenvalue weighted by Crippen LogP contribution is 2.19. The van der Waals surface area contributed by atoms with Crippen LogP contribution in [-0.4, -0.2) is 29.6 Å². The van der Waals surface area contributed by atoms with Crippen LogP contribution in [0, 0.1) is 0 Å². The Kier molecular flexibility index (Phi) is 5.50. The van der Waals surface area contributed by atoms with Crippen molar-refractivity contribution in [1.29, 1.82) is 0 Å². The van der Waals surface area contributed by atoms with Crippen molar-refractivity contribution < 1.29 is 5.11 Å². The normalized spacial score (nSPS) is 15.1. The molecule has 16 heavy (non-hydrogen) atoms. The fraction of sp³-hybridized carbons (Fsp3) is 0.571. The Morgan fingerprint density at radius 1 is 1.25 bits per heavy atom. The van der Waals surface area contributed by atoms with Crippen LogP contribution in [0.3, 0.4) is 0 Å². The Morgan fingerprint density at radius 3 is 2.44 bits per heavy atom. The molecular formula is C14H23NO. The summed E-state index contributed by atoms with van der Waals surface area (Å²) in [6.45, 7) is 5.31. The van der Waals surface area contributed by atoms with Gasteiger partial charge in [0, 0.05) is 6.04 Å². The monoisotopic (exact) mass is 221 g/mol. The Balaban J connectivity index is 2.56. The summed E-state index contributed by atoms with van der Waals surface area (Å²) in [5.41, 5.74) is 0.998. The van der Waals surface area contributed by atoms with Crippen LogP contribution in [0.4, 0.5) is 0 Å². The van der Waals surface area contributed by atoms with E-state index in [9.17, 15) is 5.11 Å². The van der Waals surface area contributed by atoms with Gasteiger partial charge in [0.25, 0.3) is 0 Å². The van der Waals surface area contributed by atoms with Gasteiger partial charge in [-0.05, 0) is 32.5 Å². The molecule has 0 saturated carbocycles. The first-order valence-electron chi connectivity index (χ1n) is 6.10. The van der Waals surface area contributed by atoms with Crippen LogP contribution < -0.4 is 0 Å². The number of nitrogens with zero attached hydrogens (tertiary/aromatic N) is 1. The molecule has 0 spiro atoms. The Hall–Kier alpha value is -0.860. The van der Waals surface area contributed by atoms with Gasteiger partial charge in [-0.25, -0.2) is 0 Å². The third kappa shape index (κ3) is 3.62. The lowest BCUT2D eigenvalue weighted by Gasteiger charge is -2.29. The average molecular weight is 221 g/mol. The second kappa shape index (κ2) is 6.66. The van der Waals surface area contributed by atoms with Gasteiger partial charge in [-0.1, -0.05) is 43.7 Å². The molecule has 0 aromatic heterocycles. The summed E-state index contributed by atoms with van der Waals surface area (Å²) in [4.78, 5) is 2.22. The van der Waals surface area contributed by atoms with Gasteiger partial charge >= 0.3 is 0 Å². The van der Waals surface area contributed by atoms with Crippen molar-refractivity contribution in [3.8, 4) is 0 Å². The third-order valence-corrected chi connectivity index (χ3v) is 3.16. The molecule has 0 fully saturated rings. The minimum Gasteiger partial charge on any atom is -0.387 e. The smallest absolute Gasteiger partial charge is 0.0942 e. The molecule has 1 aromatic rings. The van der Waals surface area contributed by atoms with Crippen molar-refractivity contribution in [2.75, 3.05) is 13.6 Å². The van der Waals surface area contributed by atoms with Crippen LogP contribution in [0.1, 0.15) is 38.4 Å². The molecule has 1 N–H and O–H groups in total. The van der Waals surface area contributed by atoms with Crippen LogP contribution in [0.2, 0.25) is 0 Å². The van der Waals surface area contributed by atoms with E-state index >= 15 is 0 Å². The summed E-state index contributed by atoms with van der Waals surface area (Å²) < 4.78 is 0. The Labute approximate surface area is 98.9 Å². The van der Waals surface area contributed by atoms with E-state index in [0.717, 1.165) is 12.1 Å². The van der Waals surface area contributed by atoms with E-state index in [0.29, 0.717) is 0 Å². The van der Waals surface area contributed by atoms with Gasteiger partial charge in [0.15, 0.2) is 0 Å². The number of aliphatic hydroxyl groups excluding tert-OH is 1. The summed E-state index contributed by atoms with van der Waals surface area (Å²) in [5, 5.41) is 10.2. The van der Waals surface area contributed by atoms with Crippen molar-refractivity contribution >= 4 is 0 Å². The molecule has 0 radical (unpaired) electrons. The standard InChI is InChI=1S/C14H23NO/c1-4-5-11-15(3)12(2)14(16)13-9-7-6-8-10-13/h6-10,12,14,16H,4-5,11H2,1-3H3/t12-,14+/m0/s1. The molecule has 0 amide bonds. The average Bonchev–Trinajstić information content (AvgIpc) is 2.35. The molecule has 1 rings (SSSR count). The zero-order valence-corrected chi connectivity index (χ0v) is 10.6. The van der Waals surface area contributed by atoms with Crippen molar-refractivity contribution in [2.24, 2.45) is 0 Å². The minimum atomic E-state index is -0.400. The number of hydrogen-bond donors (Lipinski definition) is 1. The Bertz CT molecular complexity index is 286. The van der Waals surface area contributed by atoms with E-state index in [2.05, 4.69) is 25.8 Å². The van der Waals surface area contributed by atoms with Crippen molar-refractivity contribution in [2.45, 2.75) is 38.8 Å². The summed E-state index contributed by atoms with van der Waals surface area (Å²) in [7, 11) is 2.08. The summed E-state index contributed by atoms with van der Waals surface area (Å²) in [6.07, 6.45) is 1.98. The van der Waals surface area contributed by atoms with Crippen molar-refractivity contribution in [3.63, 3.8) is 0 Å². The SMILES string of the molecule is CCCCN(C)[C@@H](C)[C@@H](O)c1ccccc1. The van der Waals surface area contributed by atoms with Crippen LogP contribution in [0.5, 0.6) is 0 Å². The van der Waals surface area contributed by atoms with E-state index in [4.69, 9.17) is 0 Å². The molecule has 0 saturated heterocycles. The van der Waals surface area contributed by atoms with E-state index in [1.54, 1.807) is 0 Å². The molecule has 0 aliphatic rings. The van der Waals surface area contributed by atoms with E-state index in [1.165, 1.54) is 12.8 Å². The van der Waals surface area contributed by atoms with Gasteiger partial charge in [0.2, 0.25) is 0 Å². The highest BCUT2D eigenvalue weighted by molar-refractivity contribution is 5.18. The summed E-state index contributed by atoms with van der Waals surface area (Å²) in [5.74, 6) is 0. The number of benzene rings is 1. The predicted octanol–water partition coefficient (Wildman–Crippen LogP) is 2.84. The largest absolute Gasteiger partial charge is 0.387 e. The molecular weight excluding hydrogens is 198 g/mol. The first-order chi connectivity index (χ1) is 7.66. The number of aliphatic hydroxyl groups is 1. The second-order valence-electron chi connectivity index (χ2n) is 4.43. The van der Waals surface area contributed by atoms with E-state index in [1.807, 2.05) is 30.3 Å². The summed E-state index contributed by atoms with van der Waals surface area (Å²) in [6, 6.07) is 10.0. The maximum atomic E-state index is 10.2. The molecule has 90 valence electrons. The van der Waals surface area contributed by atoms with E-state index < -0.39 is 6.10 Å². The molecule has 0 aliphatic carbocycles. The fourth-order valence-corrected chi connectivity index (χ4v) is 1.78. The molecule has 2 heteroatoms. The number of likely N-dealkylation sites (N-methyl/N-ethyl adjacent to an activating group) is 1. The molecule has 0 unspecified atom stereocenters. The van der Waals surface area contributed by atoms with Crippen LogP contribution in [0.15, 0.2) is 30.3 Å². The van der Waals surface area contributed by atoms with Crippen LogP contribution >= 0.6 is 0 Å². The predicted molar refractivity (Wildman–Crippen MR) is 68.4 cm³/mol. The fourth-order valence-electron chi connectivity index (χ4n) is 1.78. The number of hydrogen-bond acceptors (Lipinski definition) is 2. The van der Waals surface area contributed by atoms with E-state index in [-0.39, 0.29) is 6.04 Å². The second-order valence-corrected chi connectivity index (χ2v) is 4.43. The maximum Gasteiger partial charge on any atom is 0.0942 e. The maximum absolute atomic E-state index is 10.2. The zero-order valence-electron chi connectivity index (χ0n) is 10.6. The lowest BCUT2D eigenvalue weighted by molar-refractivity contribution is 0.0719. The van der Waals surface area contributed by atoms with Crippen LogP contribution in [0.25, 0.3) is 0 Å². The highest BCUT2D eigenvalue weighted by Gasteiger charge is 2.19. The molecule has 0 aliphatic heterocycles. The topological polar surface area (TPSA) is 23.5 Å². The van der Waals surface area contributed by atoms with Gasteiger partial charge in [0.1, 0.15) is 0 Å². The molecule has 2 nitrogen and oxygen atoms in total. The van der Waals surface area contributed by atoms with Crippen molar-refractivity contribution in [3.05, 3.63) is 35.9 Å². The number of rotatable bonds is 6. The lowest BCUT2D eigenvalue weighted by Crippen LogP contribution is -2.35. The molecule has 1 aromatic carbocycles. The van der Waals surface area contributed by atoms with Gasteiger partial charge in [-0.15, -0.1) is 0 Å². The highest BCUT2D eigenvalue weighted by atomic mass is 16.3. The number of unbranched alkanes of at least 4 members (excludes halogenated alkanes) is 1. The molecule has 2 atom stereocenters. The van der Waals surface area contributed by atoms with Gasteiger partial charge in [-0.3, -0.25) is 0 Å². The first-order valence-corrected chi connectivity index (χ1v) is 6.10. The van der Waals surface area contributed by atoms with Crippen LogP contribution in [-0.2, 0) is 0 Å². The molecule has 0 heterocycles. The van der Waals surface area contributed by atoms with Gasteiger partial charge in [-0.2, -0.15) is 0 Å². The third-order valence-electron chi connectivity index (χ3n) is 3.16. The lowest BCUT2D eigenvalue weighted by atomic mass is 10.0. The first kappa shape index (κ1) is 13.2. The quantitative estimate of drug-likeness (QED) is 0.798. The van der Waals surface area contributed by atoms with Gasteiger partial charge < -0.3 is 10.0 Å². The van der Waals surface area contributed by atoms with Crippen molar-refractivity contribution in [1.82, 2.24) is 4.90 Å². The zero-order chi connectivity index (χ0) is 12.0. The Morgan fingerprint density at radius 2 is 1.88 bits per heavy atom. The summed E-state index contributed by atoms with van der Waals surface area (Å²) >= 11 is 0. The van der Waals surface area contributed by atoms with Gasteiger partial charge in [0.05, 0.1) is 6.10 Å². The minimum absolute atomic E-state index is 0.161. The molecule has 0 bridgehead atoms.